The van der Waals surface area contributed by atoms with Crippen LogP contribution in [0.2, 0.25) is 10.0 Å². The van der Waals surface area contributed by atoms with Crippen LogP contribution in [0.4, 0.5) is 0 Å². The zero-order valence-electron chi connectivity index (χ0n) is 10.7. The largest absolute Gasteiger partial charge is 0.402 e. The molecule has 104 valence electrons. The first-order valence-electron chi connectivity index (χ1n) is 6.16. The van der Waals surface area contributed by atoms with Gasteiger partial charge in [0.15, 0.2) is 5.70 Å². The van der Waals surface area contributed by atoms with Gasteiger partial charge in [0.05, 0.1) is 10.6 Å². The van der Waals surface area contributed by atoms with Crippen LogP contribution in [-0.2, 0) is 9.53 Å². The summed E-state index contributed by atoms with van der Waals surface area (Å²) in [4.78, 5) is 16.1. The molecule has 0 aliphatic carbocycles. The molecule has 1 aliphatic heterocycles. The van der Waals surface area contributed by atoms with E-state index in [0.29, 0.717) is 15.6 Å². The highest BCUT2D eigenvalue weighted by molar-refractivity contribution is 6.37. The molecule has 0 fully saturated rings. The number of esters is 1. The summed E-state index contributed by atoms with van der Waals surface area (Å²) in [5.74, 6) is -0.316. The molecule has 0 radical (unpaired) electrons. The molecule has 2 aromatic carbocycles. The molecule has 0 atom stereocenters. The van der Waals surface area contributed by atoms with E-state index in [0.717, 1.165) is 5.56 Å². The number of carbonyl (C=O) groups is 1. The van der Waals surface area contributed by atoms with Gasteiger partial charge in [0.2, 0.25) is 5.90 Å². The van der Waals surface area contributed by atoms with E-state index >= 15 is 0 Å². The smallest absolute Gasteiger partial charge is 0.363 e. The summed E-state index contributed by atoms with van der Waals surface area (Å²) in [7, 11) is 0. The predicted molar refractivity (Wildman–Crippen MR) is 83.5 cm³/mol. The average Bonchev–Trinajstić information content (AvgIpc) is 2.81. The maximum absolute atomic E-state index is 11.9. The Morgan fingerprint density at radius 2 is 1.81 bits per heavy atom. The zero-order chi connectivity index (χ0) is 14.8. The number of hydrogen-bond acceptors (Lipinski definition) is 3. The van der Waals surface area contributed by atoms with Crippen molar-refractivity contribution >= 4 is 41.1 Å². The van der Waals surface area contributed by atoms with Gasteiger partial charge in [-0.3, -0.25) is 0 Å². The third-order valence-electron chi connectivity index (χ3n) is 2.89. The number of halogens is 2. The lowest BCUT2D eigenvalue weighted by molar-refractivity contribution is -0.129. The maximum atomic E-state index is 11.9. The number of nitrogens with zero attached hydrogens (tertiary/aromatic N) is 1. The van der Waals surface area contributed by atoms with Gasteiger partial charge in [-0.15, -0.1) is 0 Å². The van der Waals surface area contributed by atoms with E-state index in [1.165, 1.54) is 0 Å². The Kier molecular flexibility index (Phi) is 3.78. The molecule has 2 aromatic rings. The van der Waals surface area contributed by atoms with Crippen LogP contribution in [-0.4, -0.2) is 11.9 Å². The standard InChI is InChI=1S/C16H9Cl2NO2/c17-11-6-7-12(13(18)9-11)15-19-14(16(20)21-15)8-10-4-2-1-3-5-10/h1-9H. The Bertz CT molecular complexity index is 767. The van der Waals surface area contributed by atoms with Crippen LogP contribution in [0, 0.1) is 0 Å². The van der Waals surface area contributed by atoms with Crippen molar-refractivity contribution in [1.29, 1.82) is 0 Å². The second-order valence-electron chi connectivity index (χ2n) is 4.37. The molecule has 0 spiro atoms. The van der Waals surface area contributed by atoms with Crippen molar-refractivity contribution in [1.82, 2.24) is 0 Å². The summed E-state index contributed by atoms with van der Waals surface area (Å²) < 4.78 is 5.17. The van der Waals surface area contributed by atoms with E-state index in [1.807, 2.05) is 30.3 Å². The van der Waals surface area contributed by atoms with Crippen LogP contribution in [0.5, 0.6) is 0 Å². The monoisotopic (exact) mass is 317 g/mol. The first kappa shape index (κ1) is 13.9. The minimum absolute atomic E-state index is 0.184. The Labute approximate surface area is 131 Å². The van der Waals surface area contributed by atoms with Gasteiger partial charge in [-0.2, -0.15) is 0 Å². The van der Waals surface area contributed by atoms with Crippen molar-refractivity contribution in [3.63, 3.8) is 0 Å². The molecule has 5 heteroatoms. The van der Waals surface area contributed by atoms with Crippen LogP contribution >= 0.6 is 23.2 Å². The first-order valence-corrected chi connectivity index (χ1v) is 6.92. The molecule has 0 N–H and O–H groups in total. The highest BCUT2D eigenvalue weighted by Crippen LogP contribution is 2.26. The van der Waals surface area contributed by atoms with Crippen molar-refractivity contribution in [3.05, 3.63) is 75.4 Å². The summed E-state index contributed by atoms with van der Waals surface area (Å²) in [6, 6.07) is 14.3. The minimum Gasteiger partial charge on any atom is -0.402 e. The molecule has 0 saturated heterocycles. The normalized spacial score (nSPS) is 16.0. The van der Waals surface area contributed by atoms with E-state index in [2.05, 4.69) is 4.99 Å². The molecule has 21 heavy (non-hydrogen) atoms. The molecule has 0 aromatic heterocycles. The lowest BCUT2D eigenvalue weighted by atomic mass is 10.2. The summed E-state index contributed by atoms with van der Waals surface area (Å²) in [6.07, 6.45) is 1.67. The van der Waals surface area contributed by atoms with Gasteiger partial charge >= 0.3 is 5.97 Å². The van der Waals surface area contributed by atoms with Gasteiger partial charge < -0.3 is 4.74 Å². The van der Waals surface area contributed by atoms with Gasteiger partial charge in [-0.05, 0) is 29.8 Å². The van der Waals surface area contributed by atoms with Gasteiger partial charge in [-0.1, -0.05) is 53.5 Å². The molecular formula is C16H9Cl2NO2. The molecular weight excluding hydrogens is 309 g/mol. The Balaban J connectivity index is 1.97. The molecule has 0 saturated carbocycles. The number of cyclic esters (lactones) is 1. The van der Waals surface area contributed by atoms with Crippen LogP contribution in [0.25, 0.3) is 6.08 Å². The lowest BCUT2D eigenvalue weighted by Crippen LogP contribution is -2.05. The van der Waals surface area contributed by atoms with Crippen LogP contribution < -0.4 is 0 Å². The predicted octanol–water partition coefficient (Wildman–Crippen LogP) is 4.34. The molecule has 3 nitrogen and oxygen atoms in total. The summed E-state index contributed by atoms with van der Waals surface area (Å²) in [5, 5.41) is 0.892. The first-order chi connectivity index (χ1) is 10.1. The van der Waals surface area contributed by atoms with Crippen LogP contribution in [0.1, 0.15) is 11.1 Å². The summed E-state index contributed by atoms with van der Waals surface area (Å²) in [6.45, 7) is 0. The van der Waals surface area contributed by atoms with E-state index in [-0.39, 0.29) is 11.6 Å². The average molecular weight is 318 g/mol. The lowest BCUT2D eigenvalue weighted by Gasteiger charge is -2.02. The highest BCUT2D eigenvalue weighted by atomic mass is 35.5. The number of benzene rings is 2. The van der Waals surface area contributed by atoms with Gasteiger partial charge in [-0.25, -0.2) is 9.79 Å². The SMILES string of the molecule is O=C1OC(c2ccc(Cl)cc2Cl)=NC1=Cc1ccccc1. The second-order valence-corrected chi connectivity index (χ2v) is 5.21. The topological polar surface area (TPSA) is 38.7 Å². The number of rotatable bonds is 2. The van der Waals surface area contributed by atoms with Crippen molar-refractivity contribution in [2.75, 3.05) is 0 Å². The summed E-state index contributed by atoms with van der Waals surface area (Å²) in [5.41, 5.74) is 1.64. The van der Waals surface area contributed by atoms with Gasteiger partial charge in [0, 0.05) is 5.02 Å². The van der Waals surface area contributed by atoms with E-state index in [1.54, 1.807) is 24.3 Å². The van der Waals surface area contributed by atoms with E-state index < -0.39 is 5.97 Å². The number of hydrogen-bond donors (Lipinski definition) is 0. The molecule has 0 unspecified atom stereocenters. The van der Waals surface area contributed by atoms with Gasteiger partial charge in [0.1, 0.15) is 0 Å². The minimum atomic E-state index is -0.500. The van der Waals surface area contributed by atoms with E-state index in [9.17, 15) is 4.79 Å². The Morgan fingerprint density at radius 1 is 1.05 bits per heavy atom. The quantitative estimate of drug-likeness (QED) is 0.610. The van der Waals surface area contributed by atoms with Crippen molar-refractivity contribution in [3.8, 4) is 0 Å². The van der Waals surface area contributed by atoms with Crippen molar-refractivity contribution in [2.24, 2.45) is 4.99 Å². The number of ether oxygens (including phenoxy) is 1. The zero-order valence-corrected chi connectivity index (χ0v) is 12.2. The molecule has 1 aliphatic rings. The van der Waals surface area contributed by atoms with Crippen LogP contribution in [0.3, 0.4) is 0 Å². The Hall–Kier alpha value is -2.10. The fourth-order valence-electron chi connectivity index (χ4n) is 1.89. The fraction of sp³-hybridized carbons (Fsp3) is 0. The highest BCUT2D eigenvalue weighted by Gasteiger charge is 2.25. The number of aliphatic imine (C=N–C) groups is 1. The van der Waals surface area contributed by atoms with Crippen molar-refractivity contribution in [2.45, 2.75) is 0 Å². The third-order valence-corrected chi connectivity index (χ3v) is 3.43. The molecule has 3 rings (SSSR count). The molecule has 0 bridgehead atoms. The second kappa shape index (κ2) is 5.72. The molecule has 1 heterocycles. The summed E-state index contributed by atoms with van der Waals surface area (Å²) >= 11 is 11.9. The van der Waals surface area contributed by atoms with Gasteiger partial charge in [0.25, 0.3) is 0 Å². The Morgan fingerprint density at radius 3 is 2.52 bits per heavy atom. The fourth-order valence-corrected chi connectivity index (χ4v) is 2.38. The maximum Gasteiger partial charge on any atom is 0.363 e. The molecule has 0 amide bonds. The number of carbonyl (C=O) groups excluding carboxylic acids is 1. The van der Waals surface area contributed by atoms with E-state index in [4.69, 9.17) is 27.9 Å². The van der Waals surface area contributed by atoms with Crippen LogP contribution in [0.15, 0.2) is 59.2 Å². The third kappa shape index (κ3) is 2.99. The van der Waals surface area contributed by atoms with Crippen molar-refractivity contribution < 1.29 is 9.53 Å².